The van der Waals surface area contributed by atoms with E-state index in [-0.39, 0.29) is 19.1 Å². The minimum Gasteiger partial charge on any atom is -0.394 e. The fraction of sp³-hybridized carbons (Fsp3) is 0.800. The van der Waals surface area contributed by atoms with Crippen LogP contribution in [0.4, 0.5) is 4.79 Å². The first-order valence-corrected chi connectivity index (χ1v) is 6.89. The molecule has 0 spiro atoms. The summed E-state index contributed by atoms with van der Waals surface area (Å²) in [6.45, 7) is -0.0283. The van der Waals surface area contributed by atoms with Gasteiger partial charge in [-0.15, -0.1) is 0 Å². The summed E-state index contributed by atoms with van der Waals surface area (Å²) >= 11 is 1.56. The highest BCUT2D eigenvalue weighted by Crippen LogP contribution is 2.01. The average molecular weight is 279 g/mol. The first-order valence-electron chi connectivity index (χ1n) is 5.50. The van der Waals surface area contributed by atoms with Crippen molar-refractivity contribution in [1.29, 1.82) is 0 Å². The molecule has 0 saturated carbocycles. The summed E-state index contributed by atoms with van der Waals surface area (Å²) in [5.41, 5.74) is 5.01. The number of hydrogen-bond donors (Lipinski definition) is 4. The van der Waals surface area contributed by atoms with Gasteiger partial charge >= 0.3 is 6.03 Å². The average Bonchev–Trinajstić information content (AvgIpc) is 2.33. The summed E-state index contributed by atoms with van der Waals surface area (Å²) < 4.78 is 4.85. The van der Waals surface area contributed by atoms with Gasteiger partial charge in [-0.2, -0.15) is 11.8 Å². The quantitative estimate of drug-likeness (QED) is 0.428. The van der Waals surface area contributed by atoms with E-state index >= 15 is 0 Å². The second-order valence-electron chi connectivity index (χ2n) is 3.69. The van der Waals surface area contributed by atoms with E-state index in [0.717, 1.165) is 0 Å². The van der Waals surface area contributed by atoms with E-state index in [1.807, 2.05) is 6.26 Å². The van der Waals surface area contributed by atoms with Crippen molar-refractivity contribution in [2.75, 3.05) is 32.3 Å². The number of carbonyl (C=O) groups is 2. The van der Waals surface area contributed by atoms with E-state index in [1.54, 1.807) is 11.8 Å². The molecule has 7 nitrogen and oxygen atoms in total. The van der Waals surface area contributed by atoms with Crippen LogP contribution in [0.15, 0.2) is 0 Å². The van der Waals surface area contributed by atoms with E-state index in [9.17, 15) is 9.59 Å². The summed E-state index contributed by atoms with van der Waals surface area (Å²) in [5.74, 6) is 0.339. The molecule has 0 heterocycles. The van der Waals surface area contributed by atoms with Crippen LogP contribution in [-0.4, -0.2) is 61.5 Å². The van der Waals surface area contributed by atoms with Gasteiger partial charge in [-0.25, -0.2) is 4.79 Å². The molecule has 2 atom stereocenters. The minimum absolute atomic E-state index is 0.202. The zero-order valence-corrected chi connectivity index (χ0v) is 11.5. The molecule has 0 bridgehead atoms. The number of methoxy groups -OCH3 is 1. The van der Waals surface area contributed by atoms with Gasteiger partial charge < -0.3 is 26.2 Å². The number of rotatable bonds is 9. The lowest BCUT2D eigenvalue weighted by molar-refractivity contribution is -0.124. The third-order valence-electron chi connectivity index (χ3n) is 2.18. The Labute approximate surface area is 111 Å². The molecule has 18 heavy (non-hydrogen) atoms. The largest absolute Gasteiger partial charge is 0.394 e. The molecule has 8 heteroatoms. The van der Waals surface area contributed by atoms with Crippen LogP contribution in [0.25, 0.3) is 0 Å². The van der Waals surface area contributed by atoms with E-state index in [4.69, 9.17) is 15.6 Å². The Hall–Kier alpha value is -0.990. The van der Waals surface area contributed by atoms with Gasteiger partial charge in [-0.1, -0.05) is 0 Å². The number of aliphatic hydroxyl groups is 1. The van der Waals surface area contributed by atoms with Crippen LogP contribution in [0.5, 0.6) is 0 Å². The molecule has 0 aliphatic heterocycles. The van der Waals surface area contributed by atoms with Crippen molar-refractivity contribution in [3.63, 3.8) is 0 Å². The number of hydrogen-bond acceptors (Lipinski definition) is 5. The molecule has 0 aromatic rings. The summed E-state index contributed by atoms with van der Waals surface area (Å²) in [5, 5.41) is 14.0. The monoisotopic (exact) mass is 279 g/mol. The standard InChI is InChI=1S/C10H21N3O4S/c1-17-6-7(5-14)12-9(15)8(3-4-18-2)13-10(11)16/h7-8,14H,3-6H2,1-2H3,(H,12,15)(H3,11,13,16). The lowest BCUT2D eigenvalue weighted by Gasteiger charge is -2.21. The predicted octanol–water partition coefficient (Wildman–Crippen LogP) is -1.10. The van der Waals surface area contributed by atoms with E-state index in [0.29, 0.717) is 12.2 Å². The SMILES string of the molecule is COCC(CO)NC(=O)C(CCSC)NC(N)=O. The fourth-order valence-electron chi connectivity index (χ4n) is 1.32. The molecular weight excluding hydrogens is 258 g/mol. The molecule has 5 N–H and O–H groups in total. The number of ether oxygens (including phenoxy) is 1. The number of nitrogens with two attached hydrogens (primary N) is 1. The van der Waals surface area contributed by atoms with E-state index < -0.39 is 18.1 Å². The first-order chi connectivity index (χ1) is 8.54. The second-order valence-corrected chi connectivity index (χ2v) is 4.67. The summed E-state index contributed by atoms with van der Waals surface area (Å²) in [6.07, 6.45) is 2.38. The Balaban J connectivity index is 4.37. The van der Waals surface area contributed by atoms with Crippen LogP contribution in [0.1, 0.15) is 6.42 Å². The highest BCUT2D eigenvalue weighted by molar-refractivity contribution is 7.98. The molecule has 0 radical (unpaired) electrons. The Morgan fingerprint density at radius 3 is 2.56 bits per heavy atom. The van der Waals surface area contributed by atoms with Crippen LogP contribution in [0.3, 0.4) is 0 Å². The number of primary amides is 1. The van der Waals surface area contributed by atoms with Crippen LogP contribution in [0.2, 0.25) is 0 Å². The highest BCUT2D eigenvalue weighted by atomic mass is 32.2. The zero-order valence-electron chi connectivity index (χ0n) is 10.6. The first kappa shape index (κ1) is 17.0. The van der Waals surface area contributed by atoms with Crippen LogP contribution in [0, 0.1) is 0 Å². The van der Waals surface area contributed by atoms with Gasteiger partial charge in [-0.3, -0.25) is 4.79 Å². The summed E-state index contributed by atoms with van der Waals surface area (Å²) in [6, 6.07) is -1.93. The number of carbonyl (C=O) groups excluding carboxylic acids is 2. The van der Waals surface area contributed by atoms with Crippen molar-refractivity contribution < 1.29 is 19.4 Å². The normalized spacial score (nSPS) is 13.7. The van der Waals surface area contributed by atoms with Gasteiger partial charge in [0, 0.05) is 7.11 Å². The van der Waals surface area contributed by atoms with Gasteiger partial charge in [-0.05, 0) is 18.4 Å². The number of aliphatic hydroxyl groups excluding tert-OH is 1. The van der Waals surface area contributed by atoms with Gasteiger partial charge in [0.15, 0.2) is 0 Å². The highest BCUT2D eigenvalue weighted by Gasteiger charge is 2.21. The zero-order chi connectivity index (χ0) is 14.0. The Bertz CT molecular complexity index is 266. The third-order valence-corrected chi connectivity index (χ3v) is 2.82. The molecule has 3 amide bonds. The Morgan fingerprint density at radius 1 is 1.44 bits per heavy atom. The third kappa shape index (κ3) is 7.36. The van der Waals surface area contributed by atoms with Crippen molar-refractivity contribution in [2.24, 2.45) is 5.73 Å². The van der Waals surface area contributed by atoms with Crippen LogP contribution < -0.4 is 16.4 Å². The van der Waals surface area contributed by atoms with Crippen molar-refractivity contribution in [3.8, 4) is 0 Å². The molecule has 0 rings (SSSR count). The number of urea groups is 1. The van der Waals surface area contributed by atoms with Crippen molar-refractivity contribution >= 4 is 23.7 Å². The fourth-order valence-corrected chi connectivity index (χ4v) is 1.79. The molecule has 0 aliphatic rings. The maximum atomic E-state index is 11.9. The lowest BCUT2D eigenvalue weighted by atomic mass is 10.2. The summed E-state index contributed by atoms with van der Waals surface area (Å²) in [4.78, 5) is 22.7. The molecule has 2 unspecified atom stereocenters. The van der Waals surface area contributed by atoms with Crippen LogP contribution >= 0.6 is 11.8 Å². The molecule has 0 aliphatic carbocycles. The van der Waals surface area contributed by atoms with Crippen molar-refractivity contribution in [3.05, 3.63) is 0 Å². The van der Waals surface area contributed by atoms with Crippen LogP contribution in [-0.2, 0) is 9.53 Å². The van der Waals surface area contributed by atoms with E-state index in [1.165, 1.54) is 7.11 Å². The van der Waals surface area contributed by atoms with Gasteiger partial charge in [0.25, 0.3) is 0 Å². The van der Waals surface area contributed by atoms with Crippen molar-refractivity contribution in [1.82, 2.24) is 10.6 Å². The van der Waals surface area contributed by atoms with Crippen molar-refractivity contribution in [2.45, 2.75) is 18.5 Å². The number of amides is 3. The molecule has 0 saturated heterocycles. The maximum Gasteiger partial charge on any atom is 0.312 e. The molecule has 106 valence electrons. The maximum absolute atomic E-state index is 11.9. The minimum atomic E-state index is -0.747. The lowest BCUT2D eigenvalue weighted by Crippen LogP contribution is -2.52. The number of thioether (sulfide) groups is 1. The van der Waals surface area contributed by atoms with Gasteiger partial charge in [0.2, 0.25) is 5.91 Å². The topological polar surface area (TPSA) is 114 Å². The second kappa shape index (κ2) is 9.98. The van der Waals surface area contributed by atoms with Gasteiger partial charge in [0.1, 0.15) is 6.04 Å². The molecular formula is C10H21N3O4S. The number of nitrogens with one attached hydrogen (secondary N) is 2. The van der Waals surface area contributed by atoms with E-state index in [2.05, 4.69) is 10.6 Å². The Kier molecular flexibility index (Phi) is 9.43. The smallest absolute Gasteiger partial charge is 0.312 e. The molecule has 0 aromatic carbocycles. The summed E-state index contributed by atoms with van der Waals surface area (Å²) in [7, 11) is 1.47. The molecule has 0 aromatic heterocycles. The predicted molar refractivity (Wildman–Crippen MR) is 70.4 cm³/mol. The van der Waals surface area contributed by atoms with Gasteiger partial charge in [0.05, 0.1) is 19.3 Å². The molecule has 0 fully saturated rings. The Morgan fingerprint density at radius 2 is 2.11 bits per heavy atom.